The van der Waals surface area contributed by atoms with Crippen LogP contribution in [0.1, 0.15) is 99.9 Å². The van der Waals surface area contributed by atoms with Crippen molar-refractivity contribution in [3.05, 3.63) is 208 Å². The smallest absolute Gasteiger partial charge is 0.0868 e. The van der Waals surface area contributed by atoms with Gasteiger partial charge in [-0.1, -0.05) is 152 Å². The van der Waals surface area contributed by atoms with Crippen molar-refractivity contribution in [2.75, 3.05) is 4.90 Å². The normalized spacial score (nSPS) is 19.0. The number of nitrogens with zero attached hydrogens (tertiary/aromatic N) is 1. The molecule has 2 heterocycles. The third kappa shape index (κ3) is 4.99. The highest BCUT2D eigenvalue weighted by Crippen LogP contribution is 2.67. The van der Waals surface area contributed by atoms with Crippen molar-refractivity contribution in [1.29, 1.82) is 0 Å². The largest absolute Gasteiger partial charge is 0.310 e. The molecule has 2 atom stereocenters. The van der Waals surface area contributed by atoms with Gasteiger partial charge in [0.25, 0.3) is 0 Å². The van der Waals surface area contributed by atoms with Gasteiger partial charge in [0, 0.05) is 66.5 Å². The van der Waals surface area contributed by atoms with Gasteiger partial charge in [0.15, 0.2) is 0 Å². The molecule has 4 aliphatic carbocycles. The summed E-state index contributed by atoms with van der Waals surface area (Å²) in [5, 5.41) is 0. The van der Waals surface area contributed by atoms with Crippen molar-refractivity contribution in [3.8, 4) is 66.8 Å². The Labute approximate surface area is 421 Å². The van der Waals surface area contributed by atoms with Crippen LogP contribution in [-0.4, -0.2) is 8.42 Å². The topological polar surface area (TPSA) is 37.4 Å². The van der Waals surface area contributed by atoms with Gasteiger partial charge in [-0.15, -0.1) is 0 Å². The third-order valence-corrected chi connectivity index (χ3v) is 20.8. The molecule has 2 unspecified atom stereocenters. The highest BCUT2D eigenvalue weighted by Gasteiger charge is 2.51. The van der Waals surface area contributed by atoms with E-state index >= 15 is 0 Å². The molecule has 0 bridgehead atoms. The minimum absolute atomic E-state index is 0.230. The molecular formula is C66H51NO2S2. The van der Waals surface area contributed by atoms with E-state index in [-0.39, 0.29) is 21.7 Å². The SMILES string of the molecule is CC1(C)c2cc(N(c3ccccc3)c3ccc4c(c3)C(C)(C)c3c-4c4c(c5c3C(C)(C)c3ccccc3-5)S(=O)c3ccccc3-4)ccc2-c2cc3c(cc21)-c1c(ccc2c1-c1ccccc1S2=O)C3(C)C. The van der Waals surface area contributed by atoms with Gasteiger partial charge < -0.3 is 4.90 Å². The van der Waals surface area contributed by atoms with Crippen LogP contribution < -0.4 is 4.90 Å². The summed E-state index contributed by atoms with van der Waals surface area (Å²) in [5.41, 5.74) is 27.1. The number of para-hydroxylation sites is 1. The first-order valence-electron chi connectivity index (χ1n) is 25.0. The van der Waals surface area contributed by atoms with Gasteiger partial charge in [0.1, 0.15) is 0 Å². The fourth-order valence-corrected chi connectivity index (χ4v) is 17.4. The molecule has 3 nitrogen and oxygen atoms in total. The van der Waals surface area contributed by atoms with Crippen LogP contribution >= 0.6 is 0 Å². The van der Waals surface area contributed by atoms with E-state index < -0.39 is 21.6 Å². The van der Waals surface area contributed by atoms with Crippen molar-refractivity contribution in [3.63, 3.8) is 0 Å². The van der Waals surface area contributed by atoms with Crippen LogP contribution in [0.5, 0.6) is 0 Å². The van der Waals surface area contributed by atoms with Gasteiger partial charge in [0.2, 0.25) is 0 Å². The Kier molecular flexibility index (Phi) is 7.97. The minimum Gasteiger partial charge on any atom is -0.310 e. The average molecular weight is 954 g/mol. The summed E-state index contributed by atoms with van der Waals surface area (Å²) in [4.78, 5) is 6.16. The van der Waals surface area contributed by atoms with Crippen LogP contribution in [0, 0.1) is 0 Å². The highest BCUT2D eigenvalue weighted by atomic mass is 32.2. The Morgan fingerprint density at radius 3 is 1.54 bits per heavy atom. The molecule has 0 saturated heterocycles. The fourth-order valence-electron chi connectivity index (χ4n) is 14.4. The lowest BCUT2D eigenvalue weighted by atomic mass is 9.71. The monoisotopic (exact) mass is 953 g/mol. The number of hydrogen-bond donors (Lipinski definition) is 0. The van der Waals surface area contributed by atoms with Crippen molar-refractivity contribution in [2.24, 2.45) is 0 Å². The molecule has 15 rings (SSSR count). The summed E-state index contributed by atoms with van der Waals surface area (Å²) >= 11 is 0. The minimum atomic E-state index is -1.31. The number of anilines is 3. The van der Waals surface area contributed by atoms with Gasteiger partial charge in [-0.05, 0) is 150 Å². The second kappa shape index (κ2) is 13.5. The second-order valence-electron chi connectivity index (χ2n) is 22.7. The molecule has 0 N–H and O–H groups in total. The van der Waals surface area contributed by atoms with Crippen LogP contribution in [0.15, 0.2) is 183 Å². The summed E-state index contributed by atoms with van der Waals surface area (Å²) in [7, 11) is -2.52. The van der Waals surface area contributed by atoms with E-state index in [1.807, 2.05) is 18.2 Å². The molecule has 71 heavy (non-hydrogen) atoms. The molecule has 0 saturated carbocycles. The van der Waals surface area contributed by atoms with E-state index in [1.54, 1.807) is 0 Å². The summed E-state index contributed by atoms with van der Waals surface area (Å²) in [6.45, 7) is 19.0. The lowest BCUT2D eigenvalue weighted by molar-refractivity contribution is 0.600. The number of hydrogen-bond acceptors (Lipinski definition) is 3. The zero-order chi connectivity index (χ0) is 48.4. The number of rotatable bonds is 3. The van der Waals surface area contributed by atoms with E-state index in [4.69, 9.17) is 0 Å². The van der Waals surface area contributed by atoms with Crippen LogP contribution in [-0.2, 0) is 43.3 Å². The first-order valence-corrected chi connectivity index (χ1v) is 27.3. The Bertz CT molecular complexity index is 4040. The van der Waals surface area contributed by atoms with Crippen LogP contribution in [0.3, 0.4) is 0 Å². The quantitative estimate of drug-likeness (QED) is 0.177. The van der Waals surface area contributed by atoms with E-state index in [9.17, 15) is 8.42 Å². The first-order chi connectivity index (χ1) is 34.1. The molecule has 9 aromatic carbocycles. The van der Waals surface area contributed by atoms with Gasteiger partial charge in [-0.3, -0.25) is 0 Å². The first kappa shape index (κ1) is 41.8. The molecule has 6 aliphatic rings. The molecule has 0 amide bonds. The van der Waals surface area contributed by atoms with Gasteiger partial charge >= 0.3 is 0 Å². The van der Waals surface area contributed by atoms with Gasteiger partial charge in [0.05, 0.1) is 41.2 Å². The maximum absolute atomic E-state index is 14.9. The summed E-state index contributed by atoms with van der Waals surface area (Å²) in [6, 6.07) is 59.9. The summed E-state index contributed by atoms with van der Waals surface area (Å²) in [5.74, 6) is 0. The summed E-state index contributed by atoms with van der Waals surface area (Å²) < 4.78 is 28.8. The lowest BCUT2D eigenvalue weighted by Crippen LogP contribution is -2.24. The van der Waals surface area contributed by atoms with E-state index in [0.29, 0.717) is 0 Å². The van der Waals surface area contributed by atoms with Gasteiger partial charge in [-0.25, -0.2) is 8.42 Å². The molecule has 0 aromatic heterocycles. The lowest BCUT2D eigenvalue weighted by Gasteiger charge is -2.32. The molecule has 9 aromatic rings. The van der Waals surface area contributed by atoms with E-state index in [1.165, 1.54) is 89.0 Å². The zero-order valence-electron chi connectivity index (χ0n) is 41.2. The number of benzene rings is 9. The van der Waals surface area contributed by atoms with Crippen molar-refractivity contribution < 1.29 is 8.42 Å². The van der Waals surface area contributed by atoms with Crippen molar-refractivity contribution in [1.82, 2.24) is 0 Å². The van der Waals surface area contributed by atoms with Crippen LogP contribution in [0.4, 0.5) is 17.1 Å². The maximum atomic E-state index is 14.9. The molecule has 5 heteroatoms. The molecular weight excluding hydrogens is 903 g/mol. The zero-order valence-corrected chi connectivity index (χ0v) is 42.8. The molecule has 0 fully saturated rings. The highest BCUT2D eigenvalue weighted by molar-refractivity contribution is 7.86. The predicted octanol–water partition coefficient (Wildman–Crippen LogP) is 16.7. The van der Waals surface area contributed by atoms with Crippen molar-refractivity contribution in [2.45, 2.75) is 96.6 Å². The van der Waals surface area contributed by atoms with Crippen LogP contribution in [0.2, 0.25) is 0 Å². The second-order valence-corrected chi connectivity index (χ2v) is 25.5. The summed E-state index contributed by atoms with van der Waals surface area (Å²) in [6.07, 6.45) is 0. The molecule has 0 radical (unpaired) electrons. The Hall–Kier alpha value is -6.92. The number of fused-ring (bicyclic) bond motifs is 22. The Balaban J connectivity index is 0.899. The molecule has 2 aliphatic heterocycles. The maximum Gasteiger partial charge on any atom is 0.0868 e. The fraction of sp³-hybridized carbons (Fsp3) is 0.182. The Morgan fingerprint density at radius 1 is 0.310 bits per heavy atom. The van der Waals surface area contributed by atoms with Gasteiger partial charge in [-0.2, -0.15) is 0 Å². The molecule has 0 spiro atoms. The predicted molar refractivity (Wildman–Crippen MR) is 292 cm³/mol. The standard InChI is InChI=1S/C66H51NO2S2/c1-63(2)47-30-31-54-56(42-21-13-16-24-52(42)70(54)68)55(47)45-35-50-44(34-51(45)63)39-28-26-37(32-48(39)64(50,3)4)67(36-18-10-9-11-19-36)38-27-29-41-49(33-38)66(7,8)60-57(41)58-43-22-14-17-25-53(43)71(69)62(58)59-40-20-12-15-23-46(40)65(5,6)61(59)60/h9-35H,1-8H3. The van der Waals surface area contributed by atoms with Crippen LogP contribution in [0.25, 0.3) is 66.8 Å². The average Bonchev–Trinajstić information content (AvgIpc) is 4.11. The third-order valence-electron chi connectivity index (χ3n) is 17.7. The van der Waals surface area contributed by atoms with E-state index in [2.05, 4.69) is 206 Å². The van der Waals surface area contributed by atoms with E-state index in [0.717, 1.165) is 58.9 Å². The van der Waals surface area contributed by atoms with Crippen molar-refractivity contribution >= 4 is 38.7 Å². The Morgan fingerprint density at radius 2 is 0.817 bits per heavy atom. The molecule has 344 valence electrons.